The smallest absolute Gasteiger partial charge is 0.249 e. The van der Waals surface area contributed by atoms with Crippen molar-refractivity contribution in [2.45, 2.75) is 49.6 Å². The topological polar surface area (TPSA) is 66.5 Å². The number of unbranched alkanes of at least 4 members (excludes halogenated alkanes) is 2. The van der Waals surface area contributed by atoms with E-state index in [9.17, 15) is 14.4 Å². The molecule has 0 aliphatic carbocycles. The number of nitrogens with zero attached hydrogens (tertiary/aromatic N) is 1. The van der Waals surface area contributed by atoms with Crippen LogP contribution in [0.4, 0.5) is 0 Å². The predicted octanol–water partition coefficient (Wildman–Crippen LogP) is 3.14. The van der Waals surface area contributed by atoms with Gasteiger partial charge in [0.2, 0.25) is 11.8 Å². The molecule has 5 nitrogen and oxygen atoms in total. The number of fused-ring (bicyclic) bond motifs is 1. The number of carbonyl (C=O) groups excluding carboxylic acids is 3. The number of carbonyl (C=O) groups is 2. The minimum Gasteiger partial charge on any atom is -0.346 e. The molecule has 1 unspecified atom stereocenters. The quantitative estimate of drug-likeness (QED) is 0.234. The van der Waals surface area contributed by atoms with Crippen molar-refractivity contribution < 1.29 is 14.4 Å². The lowest BCUT2D eigenvalue weighted by Crippen LogP contribution is -2.50. The Morgan fingerprint density at radius 3 is 2.85 bits per heavy atom. The molecule has 0 aromatic heterocycles. The van der Waals surface area contributed by atoms with Crippen LogP contribution in [0.15, 0.2) is 23.1 Å². The molecule has 1 saturated heterocycles. The highest BCUT2D eigenvalue weighted by molar-refractivity contribution is 9.09. The third-order valence-corrected chi connectivity index (χ3v) is 6.47. The van der Waals surface area contributed by atoms with Crippen LogP contribution in [-0.2, 0) is 20.9 Å². The maximum Gasteiger partial charge on any atom is 0.249 e. The number of hydrogen-bond acceptors (Lipinski definition) is 5. The Bertz CT molecular complexity index is 761. The van der Waals surface area contributed by atoms with E-state index in [0.717, 1.165) is 33.5 Å². The summed E-state index contributed by atoms with van der Waals surface area (Å²) in [6.07, 6.45) is 4.24. The average Bonchev–Trinajstić information content (AvgIpc) is 3.00. The summed E-state index contributed by atoms with van der Waals surface area (Å²) in [6.45, 7) is 0.511. The second-order valence-corrected chi connectivity index (χ2v) is 8.36. The van der Waals surface area contributed by atoms with Gasteiger partial charge in [-0.05, 0) is 36.6 Å². The number of thioether (sulfide) groups is 1. The van der Waals surface area contributed by atoms with Crippen molar-refractivity contribution in [2.75, 3.05) is 11.1 Å². The van der Waals surface area contributed by atoms with Gasteiger partial charge in [-0.3, -0.25) is 14.9 Å². The lowest BCUT2D eigenvalue weighted by Gasteiger charge is -2.30. The van der Waals surface area contributed by atoms with Crippen LogP contribution in [0.25, 0.3) is 5.70 Å². The van der Waals surface area contributed by atoms with Crippen molar-refractivity contribution >= 4 is 51.1 Å². The van der Waals surface area contributed by atoms with Crippen molar-refractivity contribution in [3.63, 3.8) is 0 Å². The van der Waals surface area contributed by atoms with Crippen LogP contribution in [0.3, 0.4) is 0 Å². The first-order valence-electron chi connectivity index (χ1n) is 8.82. The first-order chi connectivity index (χ1) is 12.7. The van der Waals surface area contributed by atoms with Gasteiger partial charge in [-0.25, -0.2) is 4.79 Å². The third kappa shape index (κ3) is 4.05. The van der Waals surface area contributed by atoms with Gasteiger partial charge in [0.05, 0.1) is 0 Å². The summed E-state index contributed by atoms with van der Waals surface area (Å²) >= 11 is 5.25. The molecule has 0 saturated carbocycles. The van der Waals surface area contributed by atoms with E-state index in [2.05, 4.69) is 27.3 Å². The molecule has 1 N–H and O–H groups in total. The molecular formula is C19H21BrN2O3S. The minimum absolute atomic E-state index is 0.251. The zero-order valence-corrected chi connectivity index (χ0v) is 16.8. The van der Waals surface area contributed by atoms with Crippen molar-refractivity contribution in [3.05, 3.63) is 29.3 Å². The molecule has 1 atom stereocenters. The molecule has 1 fully saturated rings. The molecule has 2 heterocycles. The van der Waals surface area contributed by atoms with Crippen LogP contribution >= 0.6 is 27.7 Å². The van der Waals surface area contributed by atoms with Gasteiger partial charge in [0.1, 0.15) is 11.7 Å². The molecular weight excluding hydrogens is 416 g/mol. The van der Waals surface area contributed by atoms with Crippen LogP contribution in [-0.4, -0.2) is 39.8 Å². The van der Waals surface area contributed by atoms with Crippen LogP contribution < -0.4 is 5.32 Å². The first kappa shape index (κ1) is 19.2. The van der Waals surface area contributed by atoms with Gasteiger partial charge >= 0.3 is 0 Å². The van der Waals surface area contributed by atoms with Crippen LogP contribution in [0, 0.1) is 0 Å². The van der Waals surface area contributed by atoms with E-state index < -0.39 is 6.04 Å². The van der Waals surface area contributed by atoms with Gasteiger partial charge in [0.15, 0.2) is 5.94 Å². The number of hydrogen-bond donors (Lipinski definition) is 1. The number of halogens is 1. The molecule has 2 aliphatic heterocycles. The SMILES string of the molecule is O=C=C1c2cccc(SCCCCCBr)c2CN1C1CCC(=O)NC1=O. The summed E-state index contributed by atoms with van der Waals surface area (Å²) in [5.41, 5.74) is 2.37. The molecule has 1 aromatic carbocycles. The summed E-state index contributed by atoms with van der Waals surface area (Å²) in [4.78, 5) is 38.2. The number of nitrogens with one attached hydrogen (secondary N) is 1. The molecule has 7 heteroatoms. The minimum atomic E-state index is -0.492. The van der Waals surface area contributed by atoms with Gasteiger partial charge < -0.3 is 4.90 Å². The van der Waals surface area contributed by atoms with Crippen LogP contribution in [0.5, 0.6) is 0 Å². The molecule has 2 amide bonds. The van der Waals surface area contributed by atoms with Gasteiger partial charge in [0.25, 0.3) is 0 Å². The molecule has 1 aromatic rings. The van der Waals surface area contributed by atoms with Crippen LogP contribution in [0.1, 0.15) is 43.2 Å². The lowest BCUT2D eigenvalue weighted by atomic mass is 10.0. The van der Waals surface area contributed by atoms with E-state index in [1.54, 1.807) is 16.7 Å². The number of alkyl halides is 1. The number of imide groups is 1. The van der Waals surface area contributed by atoms with E-state index in [-0.39, 0.29) is 11.8 Å². The van der Waals surface area contributed by atoms with Crippen molar-refractivity contribution in [3.8, 4) is 0 Å². The van der Waals surface area contributed by atoms with E-state index >= 15 is 0 Å². The van der Waals surface area contributed by atoms with E-state index in [1.807, 2.05) is 18.1 Å². The number of piperidine rings is 1. The standard InChI is InChI=1S/C19H21BrN2O3S/c20-9-2-1-3-10-26-17-6-4-5-13-14(17)11-22(16(13)12-23)15-7-8-18(24)21-19(15)25/h4-6,15H,1-3,7-11H2,(H,21,24,25). The van der Waals surface area contributed by atoms with E-state index in [0.29, 0.717) is 25.1 Å². The number of rotatable bonds is 7. The Kier molecular flexibility index (Phi) is 6.57. The first-order valence-corrected chi connectivity index (χ1v) is 10.9. The summed E-state index contributed by atoms with van der Waals surface area (Å²) in [5.74, 6) is 2.47. The highest BCUT2D eigenvalue weighted by Gasteiger charge is 2.38. The second-order valence-electron chi connectivity index (χ2n) is 6.43. The molecule has 0 spiro atoms. The number of amides is 2. The predicted molar refractivity (Wildman–Crippen MR) is 106 cm³/mol. The van der Waals surface area contributed by atoms with Crippen molar-refractivity contribution in [2.24, 2.45) is 0 Å². The van der Waals surface area contributed by atoms with Crippen LogP contribution in [0.2, 0.25) is 0 Å². The van der Waals surface area contributed by atoms with E-state index in [4.69, 9.17) is 0 Å². The monoisotopic (exact) mass is 436 g/mol. The summed E-state index contributed by atoms with van der Waals surface area (Å²) in [5, 5.41) is 3.41. The molecule has 2 aliphatic rings. The maximum atomic E-state index is 12.2. The Morgan fingerprint density at radius 1 is 1.27 bits per heavy atom. The van der Waals surface area contributed by atoms with E-state index in [1.165, 1.54) is 12.8 Å². The summed E-state index contributed by atoms with van der Waals surface area (Å²) in [7, 11) is 0. The Labute approximate surface area is 165 Å². The van der Waals surface area contributed by atoms with Gasteiger partial charge in [-0.15, -0.1) is 11.8 Å². The lowest BCUT2D eigenvalue weighted by molar-refractivity contribution is -0.136. The fraction of sp³-hybridized carbons (Fsp3) is 0.474. The fourth-order valence-corrected chi connectivity index (χ4v) is 4.89. The largest absolute Gasteiger partial charge is 0.346 e. The highest BCUT2D eigenvalue weighted by atomic mass is 79.9. The highest BCUT2D eigenvalue weighted by Crippen LogP contribution is 2.39. The van der Waals surface area contributed by atoms with Crippen molar-refractivity contribution in [1.82, 2.24) is 10.2 Å². The normalized spacial score (nSPS) is 19.3. The average molecular weight is 437 g/mol. The Hall–Kier alpha value is -1.56. The fourth-order valence-electron chi connectivity index (χ4n) is 3.40. The zero-order chi connectivity index (χ0) is 18.5. The molecule has 3 rings (SSSR count). The Morgan fingerprint density at radius 2 is 2.12 bits per heavy atom. The molecule has 26 heavy (non-hydrogen) atoms. The number of benzene rings is 1. The van der Waals surface area contributed by atoms with Crippen molar-refractivity contribution in [1.29, 1.82) is 0 Å². The third-order valence-electron chi connectivity index (χ3n) is 4.72. The molecule has 138 valence electrons. The second kappa shape index (κ2) is 8.89. The van der Waals surface area contributed by atoms with Gasteiger partial charge in [-0.1, -0.05) is 34.5 Å². The zero-order valence-electron chi connectivity index (χ0n) is 14.4. The molecule has 0 radical (unpaired) electrons. The molecule has 0 bridgehead atoms. The summed E-state index contributed by atoms with van der Waals surface area (Å²) in [6, 6.07) is 5.44. The summed E-state index contributed by atoms with van der Waals surface area (Å²) < 4.78 is 0. The van der Waals surface area contributed by atoms with Gasteiger partial charge in [0, 0.05) is 28.8 Å². The van der Waals surface area contributed by atoms with Gasteiger partial charge in [-0.2, -0.15) is 0 Å². The maximum absolute atomic E-state index is 12.2. The Balaban J connectivity index is 1.76.